The van der Waals surface area contributed by atoms with Crippen molar-refractivity contribution in [1.82, 2.24) is 15.0 Å². The maximum absolute atomic E-state index is 11.1. The van der Waals surface area contributed by atoms with Gasteiger partial charge in [-0.15, -0.1) is 11.3 Å². The Hall–Kier alpha value is -2.33. The van der Waals surface area contributed by atoms with E-state index >= 15 is 0 Å². The molecule has 0 atom stereocenters. The zero-order valence-electron chi connectivity index (χ0n) is 10.7. The lowest BCUT2D eigenvalue weighted by Gasteiger charge is -2.08. The first kappa shape index (κ1) is 14.1. The van der Waals surface area contributed by atoms with Crippen LogP contribution >= 0.6 is 11.3 Å². The molecule has 2 heterocycles. The van der Waals surface area contributed by atoms with Gasteiger partial charge in [0.05, 0.1) is 16.1 Å². The van der Waals surface area contributed by atoms with Gasteiger partial charge in [0.25, 0.3) is 0 Å². The standard InChI is InChI=1S/C10H13N7O2S/c1-6-8(17(18)19)9(15-10(14-6)16-11)12-3-2-7-4-20-5-13-7/h4-5H,2-3,11H2,1H3,(H2,12,14,15,16). The number of nitrogen functional groups attached to an aromatic ring is 1. The van der Waals surface area contributed by atoms with E-state index in [0.717, 1.165) is 5.69 Å². The van der Waals surface area contributed by atoms with Crippen LogP contribution < -0.4 is 16.6 Å². The summed E-state index contributed by atoms with van der Waals surface area (Å²) < 4.78 is 0. The largest absolute Gasteiger partial charge is 0.364 e. The van der Waals surface area contributed by atoms with E-state index < -0.39 is 4.92 Å². The lowest BCUT2D eigenvalue weighted by Crippen LogP contribution is -2.15. The quantitative estimate of drug-likeness (QED) is 0.410. The number of nitrogens with two attached hydrogens (primary N) is 1. The number of hydrogen-bond acceptors (Lipinski definition) is 9. The molecule has 10 heteroatoms. The van der Waals surface area contributed by atoms with Gasteiger partial charge in [0.1, 0.15) is 5.69 Å². The number of nitrogens with zero attached hydrogens (tertiary/aromatic N) is 4. The highest BCUT2D eigenvalue weighted by Gasteiger charge is 2.21. The van der Waals surface area contributed by atoms with Gasteiger partial charge in [0.15, 0.2) is 0 Å². The van der Waals surface area contributed by atoms with Crippen LogP contribution in [0.1, 0.15) is 11.4 Å². The van der Waals surface area contributed by atoms with Crippen LogP contribution in [0.2, 0.25) is 0 Å². The van der Waals surface area contributed by atoms with E-state index in [9.17, 15) is 10.1 Å². The molecule has 0 aliphatic heterocycles. The van der Waals surface area contributed by atoms with E-state index in [2.05, 4.69) is 25.7 Å². The zero-order valence-corrected chi connectivity index (χ0v) is 11.5. The first-order valence-corrected chi connectivity index (χ1v) is 6.66. The fraction of sp³-hybridized carbons (Fsp3) is 0.300. The number of anilines is 2. The summed E-state index contributed by atoms with van der Waals surface area (Å²) in [6.45, 7) is 2.01. The first-order chi connectivity index (χ1) is 9.61. The summed E-state index contributed by atoms with van der Waals surface area (Å²) in [7, 11) is 0. The van der Waals surface area contributed by atoms with Gasteiger partial charge in [-0.3, -0.25) is 15.5 Å². The van der Waals surface area contributed by atoms with Crippen LogP contribution in [0.4, 0.5) is 17.5 Å². The predicted molar refractivity (Wildman–Crippen MR) is 75.5 cm³/mol. The molecule has 0 spiro atoms. The van der Waals surface area contributed by atoms with E-state index in [1.165, 1.54) is 18.3 Å². The molecule has 0 unspecified atom stereocenters. The minimum absolute atomic E-state index is 0.129. The van der Waals surface area contributed by atoms with E-state index in [0.29, 0.717) is 13.0 Å². The number of rotatable bonds is 6. The minimum Gasteiger partial charge on any atom is -0.364 e. The Labute approximate surface area is 118 Å². The highest BCUT2D eigenvalue weighted by molar-refractivity contribution is 7.07. The van der Waals surface area contributed by atoms with Crippen LogP contribution in [0, 0.1) is 17.0 Å². The summed E-state index contributed by atoms with van der Waals surface area (Å²) >= 11 is 1.50. The van der Waals surface area contributed by atoms with Gasteiger partial charge in [-0.25, -0.2) is 15.8 Å². The molecule has 0 bridgehead atoms. The van der Waals surface area contributed by atoms with Gasteiger partial charge in [-0.2, -0.15) is 4.98 Å². The second kappa shape index (κ2) is 6.21. The van der Waals surface area contributed by atoms with Crippen LogP contribution in [0.3, 0.4) is 0 Å². The third-order valence-corrected chi connectivity index (χ3v) is 3.16. The Morgan fingerprint density at radius 1 is 1.50 bits per heavy atom. The summed E-state index contributed by atoms with van der Waals surface area (Å²) in [4.78, 5) is 22.5. The lowest BCUT2D eigenvalue weighted by atomic mass is 10.3. The third-order valence-electron chi connectivity index (χ3n) is 2.53. The maximum atomic E-state index is 11.1. The van der Waals surface area contributed by atoms with Crippen molar-refractivity contribution in [1.29, 1.82) is 0 Å². The molecule has 0 aliphatic rings. The van der Waals surface area contributed by atoms with Crippen LogP contribution in [0.25, 0.3) is 0 Å². The van der Waals surface area contributed by atoms with Gasteiger partial charge in [0.2, 0.25) is 11.8 Å². The smallest absolute Gasteiger partial charge is 0.332 e. The molecule has 0 fully saturated rings. The van der Waals surface area contributed by atoms with Crippen molar-refractivity contribution in [3.8, 4) is 0 Å². The van der Waals surface area contributed by atoms with E-state index in [4.69, 9.17) is 5.84 Å². The highest BCUT2D eigenvalue weighted by Crippen LogP contribution is 2.26. The molecular weight excluding hydrogens is 282 g/mol. The highest BCUT2D eigenvalue weighted by atomic mass is 32.1. The van der Waals surface area contributed by atoms with E-state index in [1.54, 1.807) is 5.51 Å². The fourth-order valence-corrected chi connectivity index (χ4v) is 2.24. The number of nitro groups is 1. The minimum atomic E-state index is -0.513. The Morgan fingerprint density at radius 2 is 2.30 bits per heavy atom. The average molecular weight is 295 g/mol. The van der Waals surface area contributed by atoms with Gasteiger partial charge in [-0.05, 0) is 6.92 Å². The number of thiazole rings is 1. The zero-order chi connectivity index (χ0) is 14.5. The molecule has 106 valence electrons. The SMILES string of the molecule is Cc1nc(NN)nc(NCCc2cscn2)c1[N+](=O)[O-]. The van der Waals surface area contributed by atoms with Crippen molar-refractivity contribution < 1.29 is 4.92 Å². The van der Waals surface area contributed by atoms with E-state index in [-0.39, 0.29) is 23.1 Å². The molecule has 20 heavy (non-hydrogen) atoms. The molecule has 4 N–H and O–H groups in total. The number of aryl methyl sites for hydroxylation is 1. The molecule has 0 saturated heterocycles. The summed E-state index contributed by atoms with van der Waals surface area (Å²) in [6, 6.07) is 0. The van der Waals surface area contributed by atoms with Gasteiger partial charge in [0, 0.05) is 18.3 Å². The van der Waals surface area contributed by atoms with E-state index in [1.807, 2.05) is 5.38 Å². The summed E-state index contributed by atoms with van der Waals surface area (Å²) in [6.07, 6.45) is 0.648. The fourth-order valence-electron chi connectivity index (χ4n) is 1.64. The summed E-state index contributed by atoms with van der Waals surface area (Å²) in [5.74, 6) is 5.51. The molecule has 0 aliphatic carbocycles. The molecule has 2 aromatic heterocycles. The molecule has 0 aromatic carbocycles. The van der Waals surface area contributed by atoms with Crippen LogP contribution in [0.5, 0.6) is 0 Å². The molecule has 9 nitrogen and oxygen atoms in total. The number of nitrogens with one attached hydrogen (secondary N) is 2. The molecule has 0 amide bonds. The van der Waals surface area contributed by atoms with Gasteiger partial charge in [-0.1, -0.05) is 0 Å². The molecule has 0 saturated carbocycles. The lowest BCUT2D eigenvalue weighted by molar-refractivity contribution is -0.385. The molecule has 2 aromatic rings. The van der Waals surface area contributed by atoms with Crippen molar-refractivity contribution in [3.05, 3.63) is 32.4 Å². The van der Waals surface area contributed by atoms with Crippen molar-refractivity contribution in [3.63, 3.8) is 0 Å². The molecule has 0 radical (unpaired) electrons. The first-order valence-electron chi connectivity index (χ1n) is 5.72. The van der Waals surface area contributed by atoms with Crippen LogP contribution in [-0.4, -0.2) is 26.4 Å². The third kappa shape index (κ3) is 3.16. The van der Waals surface area contributed by atoms with Crippen molar-refractivity contribution in [2.75, 3.05) is 17.3 Å². The normalized spacial score (nSPS) is 10.3. The number of hydrogen-bond donors (Lipinski definition) is 3. The monoisotopic (exact) mass is 295 g/mol. The van der Waals surface area contributed by atoms with Gasteiger partial charge >= 0.3 is 5.69 Å². The number of hydrazine groups is 1. The Kier molecular flexibility index (Phi) is 4.38. The average Bonchev–Trinajstić information content (AvgIpc) is 2.90. The maximum Gasteiger partial charge on any atom is 0.332 e. The second-order valence-electron chi connectivity index (χ2n) is 3.89. The Bertz CT molecular complexity index is 602. The van der Waals surface area contributed by atoms with Crippen molar-refractivity contribution >= 4 is 28.8 Å². The second-order valence-corrected chi connectivity index (χ2v) is 4.61. The summed E-state index contributed by atoms with van der Waals surface area (Å²) in [5.41, 5.74) is 5.04. The predicted octanol–water partition coefficient (Wildman–Crippen LogP) is 1.09. The topological polar surface area (TPSA) is 132 Å². The molecular formula is C10H13N7O2S. The van der Waals surface area contributed by atoms with Gasteiger partial charge < -0.3 is 5.32 Å². The summed E-state index contributed by atoms with van der Waals surface area (Å²) in [5, 5.41) is 15.9. The number of aromatic nitrogens is 3. The van der Waals surface area contributed by atoms with Crippen LogP contribution in [-0.2, 0) is 6.42 Å². The Balaban J connectivity index is 2.16. The Morgan fingerprint density at radius 3 is 2.90 bits per heavy atom. The molecule has 2 rings (SSSR count). The van der Waals surface area contributed by atoms with Crippen LogP contribution in [0.15, 0.2) is 10.9 Å². The van der Waals surface area contributed by atoms with Crippen molar-refractivity contribution in [2.45, 2.75) is 13.3 Å². The van der Waals surface area contributed by atoms with Crippen molar-refractivity contribution in [2.24, 2.45) is 5.84 Å².